The summed E-state index contributed by atoms with van der Waals surface area (Å²) >= 11 is 0. The van der Waals surface area contributed by atoms with Crippen LogP contribution in [0.15, 0.2) is 0 Å². The largest absolute Gasteiger partial charge is 0.461 e. The van der Waals surface area contributed by atoms with Crippen molar-refractivity contribution < 1.29 is 19.6 Å². The van der Waals surface area contributed by atoms with Crippen LogP contribution in [0.5, 0.6) is 0 Å². The molecule has 6 nitrogen and oxygen atoms in total. The molecule has 12 heavy (non-hydrogen) atoms. The summed E-state index contributed by atoms with van der Waals surface area (Å²) in [6, 6.07) is -1.68. The molecule has 0 aromatic heterocycles. The standard InChI is InChI=1S/C6H11NO5/c1-3-12-6(9)5(4(2)8)7(10)11/h4-5,8H,3H2,1-2H3. The normalized spacial score (nSPS) is 14.9. The second-order valence-corrected chi connectivity index (χ2v) is 2.22. The topological polar surface area (TPSA) is 89.7 Å². The average molecular weight is 177 g/mol. The lowest BCUT2D eigenvalue weighted by Crippen LogP contribution is -2.40. The third kappa shape index (κ3) is 2.83. The first-order chi connectivity index (χ1) is 5.50. The smallest absolute Gasteiger partial charge is 0.384 e. The second-order valence-electron chi connectivity index (χ2n) is 2.22. The van der Waals surface area contributed by atoms with E-state index in [2.05, 4.69) is 4.74 Å². The van der Waals surface area contributed by atoms with E-state index in [1.54, 1.807) is 0 Å². The molecule has 0 radical (unpaired) electrons. The molecule has 0 rings (SSSR count). The van der Waals surface area contributed by atoms with Crippen LogP contribution in [-0.4, -0.2) is 34.8 Å². The van der Waals surface area contributed by atoms with E-state index in [1.165, 1.54) is 13.8 Å². The average Bonchev–Trinajstić information content (AvgIpc) is 1.85. The Kier molecular flexibility index (Phi) is 4.20. The van der Waals surface area contributed by atoms with Crippen LogP contribution >= 0.6 is 0 Å². The molecule has 0 saturated carbocycles. The number of carbonyl (C=O) groups is 1. The van der Waals surface area contributed by atoms with Gasteiger partial charge in [-0.1, -0.05) is 0 Å². The summed E-state index contributed by atoms with van der Waals surface area (Å²) in [6.07, 6.45) is -1.33. The van der Waals surface area contributed by atoms with Crippen LogP contribution in [0, 0.1) is 10.1 Å². The monoisotopic (exact) mass is 177 g/mol. The van der Waals surface area contributed by atoms with E-state index in [-0.39, 0.29) is 6.61 Å². The molecule has 0 aliphatic rings. The van der Waals surface area contributed by atoms with Crippen LogP contribution in [0.1, 0.15) is 13.8 Å². The number of carbonyl (C=O) groups excluding carboxylic acids is 1. The lowest BCUT2D eigenvalue weighted by Gasteiger charge is -2.09. The van der Waals surface area contributed by atoms with Gasteiger partial charge in [-0.25, -0.2) is 4.79 Å². The Morgan fingerprint density at radius 3 is 2.50 bits per heavy atom. The Bertz CT molecular complexity index is 179. The Hall–Kier alpha value is -1.17. The Morgan fingerprint density at radius 1 is 1.75 bits per heavy atom. The first kappa shape index (κ1) is 10.8. The minimum Gasteiger partial charge on any atom is -0.461 e. The van der Waals surface area contributed by atoms with Crippen LogP contribution in [0.3, 0.4) is 0 Å². The number of rotatable bonds is 4. The summed E-state index contributed by atoms with van der Waals surface area (Å²) in [7, 11) is 0. The SMILES string of the molecule is CCOC(=O)C(C(C)O)[N+](=O)[O-]. The molecule has 0 fully saturated rings. The summed E-state index contributed by atoms with van der Waals surface area (Å²) in [5.41, 5.74) is 0. The molecule has 0 aromatic rings. The number of nitrogens with zero attached hydrogens (tertiary/aromatic N) is 1. The minimum atomic E-state index is -1.68. The van der Waals surface area contributed by atoms with Gasteiger partial charge in [-0.05, 0) is 13.8 Å². The zero-order chi connectivity index (χ0) is 9.72. The number of nitro groups is 1. The quantitative estimate of drug-likeness (QED) is 0.357. The fourth-order valence-electron chi connectivity index (χ4n) is 0.687. The van der Waals surface area contributed by atoms with Gasteiger partial charge in [0.25, 0.3) is 0 Å². The van der Waals surface area contributed by atoms with Gasteiger partial charge in [0.05, 0.1) is 6.61 Å². The fourth-order valence-corrected chi connectivity index (χ4v) is 0.687. The van der Waals surface area contributed by atoms with Crippen LogP contribution in [-0.2, 0) is 9.53 Å². The van der Waals surface area contributed by atoms with E-state index in [9.17, 15) is 14.9 Å². The molecule has 70 valence electrons. The summed E-state index contributed by atoms with van der Waals surface area (Å²) in [4.78, 5) is 20.1. The molecular formula is C6H11NO5. The molecule has 0 saturated heterocycles. The van der Waals surface area contributed by atoms with Crippen LogP contribution in [0.2, 0.25) is 0 Å². The first-order valence-corrected chi connectivity index (χ1v) is 3.48. The zero-order valence-corrected chi connectivity index (χ0v) is 6.89. The van der Waals surface area contributed by atoms with E-state index in [1.807, 2.05) is 0 Å². The van der Waals surface area contributed by atoms with E-state index >= 15 is 0 Å². The van der Waals surface area contributed by atoms with Gasteiger partial charge in [0.15, 0.2) is 0 Å². The van der Waals surface area contributed by atoms with E-state index in [4.69, 9.17) is 5.11 Å². The summed E-state index contributed by atoms with van der Waals surface area (Å²) in [6.45, 7) is 2.78. The Morgan fingerprint density at radius 2 is 2.25 bits per heavy atom. The molecule has 0 spiro atoms. The van der Waals surface area contributed by atoms with Crippen molar-refractivity contribution in [2.75, 3.05) is 6.61 Å². The Labute approximate surface area is 69.3 Å². The summed E-state index contributed by atoms with van der Waals surface area (Å²) in [5.74, 6) is -1.00. The summed E-state index contributed by atoms with van der Waals surface area (Å²) in [5, 5.41) is 19.0. The fraction of sp³-hybridized carbons (Fsp3) is 0.833. The lowest BCUT2D eigenvalue weighted by molar-refractivity contribution is -0.520. The van der Waals surface area contributed by atoms with Crippen molar-refractivity contribution in [2.24, 2.45) is 0 Å². The van der Waals surface area contributed by atoms with Crippen molar-refractivity contribution in [3.63, 3.8) is 0 Å². The predicted molar refractivity (Wildman–Crippen MR) is 39.1 cm³/mol. The lowest BCUT2D eigenvalue weighted by atomic mass is 10.2. The highest BCUT2D eigenvalue weighted by Gasteiger charge is 2.36. The number of ether oxygens (including phenoxy) is 1. The van der Waals surface area contributed by atoms with Crippen molar-refractivity contribution in [1.82, 2.24) is 0 Å². The van der Waals surface area contributed by atoms with Gasteiger partial charge in [0, 0.05) is 4.92 Å². The third-order valence-corrected chi connectivity index (χ3v) is 1.21. The van der Waals surface area contributed by atoms with Gasteiger partial charge in [-0.3, -0.25) is 10.1 Å². The van der Waals surface area contributed by atoms with Crippen LogP contribution < -0.4 is 0 Å². The van der Waals surface area contributed by atoms with Crippen molar-refractivity contribution in [3.05, 3.63) is 10.1 Å². The molecular weight excluding hydrogens is 166 g/mol. The molecule has 0 aromatic carbocycles. The van der Waals surface area contributed by atoms with E-state index in [0.717, 1.165) is 0 Å². The van der Waals surface area contributed by atoms with Gasteiger partial charge in [0.1, 0.15) is 6.10 Å². The van der Waals surface area contributed by atoms with Crippen LogP contribution in [0.25, 0.3) is 0 Å². The number of aliphatic hydroxyl groups excluding tert-OH is 1. The molecule has 0 aliphatic carbocycles. The Balaban J connectivity index is 4.30. The highest BCUT2D eigenvalue weighted by molar-refractivity contribution is 5.74. The van der Waals surface area contributed by atoms with Gasteiger partial charge < -0.3 is 9.84 Å². The van der Waals surface area contributed by atoms with Gasteiger partial charge in [-0.15, -0.1) is 0 Å². The number of hydrogen-bond acceptors (Lipinski definition) is 5. The molecule has 0 heterocycles. The van der Waals surface area contributed by atoms with Crippen molar-refractivity contribution in [3.8, 4) is 0 Å². The maximum Gasteiger partial charge on any atom is 0.384 e. The van der Waals surface area contributed by atoms with Crippen molar-refractivity contribution in [2.45, 2.75) is 26.0 Å². The third-order valence-electron chi connectivity index (χ3n) is 1.21. The molecule has 2 unspecified atom stereocenters. The number of esters is 1. The molecule has 6 heteroatoms. The maximum absolute atomic E-state index is 10.8. The van der Waals surface area contributed by atoms with E-state index < -0.39 is 23.0 Å². The van der Waals surface area contributed by atoms with Gasteiger partial charge in [-0.2, -0.15) is 0 Å². The molecule has 0 amide bonds. The minimum absolute atomic E-state index is 0.0654. The maximum atomic E-state index is 10.8. The first-order valence-electron chi connectivity index (χ1n) is 3.48. The molecule has 0 aliphatic heterocycles. The van der Waals surface area contributed by atoms with E-state index in [0.29, 0.717) is 0 Å². The molecule has 1 N–H and O–H groups in total. The highest BCUT2D eigenvalue weighted by atomic mass is 16.6. The van der Waals surface area contributed by atoms with Gasteiger partial charge >= 0.3 is 12.0 Å². The number of hydrogen-bond donors (Lipinski definition) is 1. The zero-order valence-electron chi connectivity index (χ0n) is 6.89. The summed E-state index contributed by atoms with van der Waals surface area (Å²) < 4.78 is 4.39. The molecule has 2 atom stereocenters. The van der Waals surface area contributed by atoms with Crippen molar-refractivity contribution in [1.29, 1.82) is 0 Å². The van der Waals surface area contributed by atoms with Crippen LogP contribution in [0.4, 0.5) is 0 Å². The molecule has 0 bridgehead atoms. The number of aliphatic hydroxyl groups is 1. The highest BCUT2D eigenvalue weighted by Crippen LogP contribution is 2.00. The predicted octanol–water partition coefficient (Wildman–Crippen LogP) is -0.424. The second kappa shape index (κ2) is 4.66. The van der Waals surface area contributed by atoms with Crippen molar-refractivity contribution >= 4 is 5.97 Å². The van der Waals surface area contributed by atoms with Gasteiger partial charge in [0.2, 0.25) is 0 Å².